The van der Waals surface area contributed by atoms with Gasteiger partial charge in [0.2, 0.25) is 4.96 Å². The first kappa shape index (κ1) is 14.5. The molecule has 0 spiro atoms. The molecule has 3 heterocycles. The summed E-state index contributed by atoms with van der Waals surface area (Å²) < 4.78 is 3.12. The first-order valence-corrected chi connectivity index (χ1v) is 7.52. The summed E-state index contributed by atoms with van der Waals surface area (Å²) in [5, 5.41) is 14.3. The van der Waals surface area contributed by atoms with E-state index < -0.39 is 11.5 Å². The van der Waals surface area contributed by atoms with Gasteiger partial charge in [0.1, 0.15) is 10.6 Å². The fourth-order valence-corrected chi connectivity index (χ4v) is 3.04. The Hall–Kier alpha value is -2.48. The fourth-order valence-electron chi connectivity index (χ4n) is 2.30. The number of carboxylic acids is 1. The van der Waals surface area contributed by atoms with E-state index in [0.29, 0.717) is 18.5 Å². The molecule has 0 atom stereocenters. The molecule has 0 saturated carbocycles. The van der Waals surface area contributed by atoms with Gasteiger partial charge in [-0.05, 0) is 25.5 Å². The molecule has 0 saturated heterocycles. The molecular weight excluding hydrogens is 304 g/mol. The average Bonchev–Trinajstić information content (AvgIpc) is 2.94. The maximum Gasteiger partial charge on any atom is 0.341 e. The van der Waals surface area contributed by atoms with Crippen LogP contribution in [0.25, 0.3) is 4.96 Å². The fraction of sp³-hybridized carbons (Fsp3) is 0.286. The van der Waals surface area contributed by atoms with Crippen LogP contribution in [-0.4, -0.2) is 30.2 Å². The molecule has 3 rings (SSSR count). The predicted molar refractivity (Wildman–Crippen MR) is 81.7 cm³/mol. The van der Waals surface area contributed by atoms with Crippen molar-refractivity contribution in [3.05, 3.63) is 50.6 Å². The minimum Gasteiger partial charge on any atom is -0.477 e. The lowest BCUT2D eigenvalue weighted by molar-refractivity contribution is 0.0693. The van der Waals surface area contributed by atoms with E-state index in [9.17, 15) is 9.59 Å². The Labute approximate surface area is 129 Å². The maximum absolute atomic E-state index is 12.2. The van der Waals surface area contributed by atoms with E-state index in [4.69, 9.17) is 5.11 Å². The van der Waals surface area contributed by atoms with Gasteiger partial charge in [0.05, 0.1) is 11.9 Å². The van der Waals surface area contributed by atoms with E-state index in [-0.39, 0.29) is 5.56 Å². The zero-order chi connectivity index (χ0) is 15.9. The number of carbonyl (C=O) groups is 1. The van der Waals surface area contributed by atoms with E-state index in [1.165, 1.54) is 15.9 Å². The lowest BCUT2D eigenvalue weighted by Crippen LogP contribution is -2.27. The van der Waals surface area contributed by atoms with E-state index in [1.54, 1.807) is 23.7 Å². The van der Waals surface area contributed by atoms with E-state index in [1.807, 2.05) is 13.1 Å². The predicted octanol–water partition coefficient (Wildman–Crippen LogP) is 1.51. The summed E-state index contributed by atoms with van der Waals surface area (Å²) in [5.74, 6) is -1.20. The topological polar surface area (TPSA) is 89.5 Å². The lowest BCUT2D eigenvalue weighted by atomic mass is 10.1. The van der Waals surface area contributed by atoms with Crippen LogP contribution in [-0.2, 0) is 13.0 Å². The molecule has 0 bridgehead atoms. The summed E-state index contributed by atoms with van der Waals surface area (Å²) in [4.78, 5) is 28.6. The third-order valence-electron chi connectivity index (χ3n) is 3.39. The Morgan fingerprint density at radius 3 is 2.86 bits per heavy atom. The van der Waals surface area contributed by atoms with Crippen LogP contribution in [0.2, 0.25) is 0 Å². The second kappa shape index (κ2) is 5.38. The van der Waals surface area contributed by atoms with Crippen LogP contribution in [0.1, 0.15) is 26.6 Å². The van der Waals surface area contributed by atoms with Crippen molar-refractivity contribution < 1.29 is 9.90 Å². The molecule has 0 unspecified atom stereocenters. The second-order valence-electron chi connectivity index (χ2n) is 5.01. The Kier molecular flexibility index (Phi) is 3.53. The highest BCUT2D eigenvalue weighted by atomic mass is 32.1. The van der Waals surface area contributed by atoms with Gasteiger partial charge in [-0.1, -0.05) is 11.3 Å². The van der Waals surface area contributed by atoms with Crippen LogP contribution in [0.4, 0.5) is 0 Å². The van der Waals surface area contributed by atoms with E-state index in [0.717, 1.165) is 15.7 Å². The smallest absolute Gasteiger partial charge is 0.341 e. The van der Waals surface area contributed by atoms with Crippen LogP contribution in [0.15, 0.2) is 23.3 Å². The van der Waals surface area contributed by atoms with Gasteiger partial charge >= 0.3 is 5.97 Å². The molecule has 0 aromatic carbocycles. The second-order valence-corrected chi connectivity index (χ2v) is 6.17. The number of aromatic carboxylic acids is 1. The van der Waals surface area contributed by atoms with E-state index in [2.05, 4.69) is 10.1 Å². The highest BCUT2D eigenvalue weighted by Crippen LogP contribution is 2.14. The molecule has 114 valence electrons. The Morgan fingerprint density at radius 1 is 1.41 bits per heavy atom. The van der Waals surface area contributed by atoms with Gasteiger partial charge in [0, 0.05) is 19.2 Å². The van der Waals surface area contributed by atoms with Crippen LogP contribution < -0.4 is 5.56 Å². The van der Waals surface area contributed by atoms with Gasteiger partial charge in [-0.3, -0.25) is 4.79 Å². The number of aryl methyl sites for hydroxylation is 4. The quantitative estimate of drug-likeness (QED) is 0.787. The first-order chi connectivity index (χ1) is 10.5. The van der Waals surface area contributed by atoms with Crippen molar-refractivity contribution in [2.24, 2.45) is 0 Å². The minimum absolute atomic E-state index is 0.175. The van der Waals surface area contributed by atoms with Crippen LogP contribution in [0, 0.1) is 13.8 Å². The number of imidazole rings is 1. The number of hydrogen-bond acceptors (Lipinski definition) is 5. The summed E-state index contributed by atoms with van der Waals surface area (Å²) in [6.07, 6.45) is 3.98. The molecule has 3 aromatic heterocycles. The number of hydrogen-bond donors (Lipinski definition) is 1. The summed E-state index contributed by atoms with van der Waals surface area (Å²) in [7, 11) is 0. The van der Waals surface area contributed by atoms with Crippen LogP contribution in [0.3, 0.4) is 0 Å². The van der Waals surface area contributed by atoms with Gasteiger partial charge in [-0.15, -0.1) is 0 Å². The molecule has 0 aliphatic heterocycles. The third kappa shape index (κ3) is 2.52. The number of carboxylic acid groups (broad SMARTS) is 1. The first-order valence-electron chi connectivity index (χ1n) is 6.70. The van der Waals surface area contributed by atoms with Crippen molar-refractivity contribution in [2.45, 2.75) is 26.8 Å². The maximum atomic E-state index is 12.2. The summed E-state index contributed by atoms with van der Waals surface area (Å²) in [5.41, 5.74) is 0.632. The van der Waals surface area contributed by atoms with Crippen molar-refractivity contribution in [3.63, 3.8) is 0 Å². The summed E-state index contributed by atoms with van der Waals surface area (Å²) in [6.45, 7) is 3.91. The molecular formula is C14H14N4O3S. The Balaban J connectivity index is 1.84. The number of aromatic nitrogens is 4. The van der Waals surface area contributed by atoms with Crippen molar-refractivity contribution >= 4 is 22.3 Å². The molecule has 7 nitrogen and oxygen atoms in total. The van der Waals surface area contributed by atoms with Gasteiger partial charge in [-0.2, -0.15) is 5.10 Å². The lowest BCUT2D eigenvalue weighted by Gasteiger charge is -2.07. The summed E-state index contributed by atoms with van der Waals surface area (Å²) in [6, 6.07) is 1.64. The van der Waals surface area contributed by atoms with Crippen molar-refractivity contribution in [1.29, 1.82) is 0 Å². The highest BCUT2D eigenvalue weighted by Gasteiger charge is 2.14. The van der Waals surface area contributed by atoms with Crippen LogP contribution >= 0.6 is 11.3 Å². The van der Waals surface area contributed by atoms with Crippen molar-refractivity contribution in [2.75, 3.05) is 0 Å². The number of rotatable bonds is 4. The summed E-state index contributed by atoms with van der Waals surface area (Å²) >= 11 is 1.50. The van der Waals surface area contributed by atoms with Crippen molar-refractivity contribution in [3.8, 4) is 0 Å². The SMILES string of the molecule is Cc1nn2cc(CCn3ccc(C)c(C(=O)O)c3=O)nc2s1. The van der Waals surface area contributed by atoms with E-state index >= 15 is 0 Å². The molecule has 3 aromatic rings. The molecule has 0 amide bonds. The molecule has 0 aliphatic rings. The molecule has 0 radical (unpaired) electrons. The number of nitrogens with zero attached hydrogens (tertiary/aromatic N) is 4. The van der Waals surface area contributed by atoms with Crippen molar-refractivity contribution in [1.82, 2.24) is 19.2 Å². The monoisotopic (exact) mass is 318 g/mol. The zero-order valence-electron chi connectivity index (χ0n) is 12.1. The van der Waals surface area contributed by atoms with Gasteiger partial charge in [-0.25, -0.2) is 14.3 Å². The molecule has 8 heteroatoms. The number of fused-ring (bicyclic) bond motifs is 1. The highest BCUT2D eigenvalue weighted by molar-refractivity contribution is 7.16. The Bertz CT molecular complexity index is 890. The zero-order valence-corrected chi connectivity index (χ0v) is 12.9. The molecule has 1 N–H and O–H groups in total. The normalized spacial score (nSPS) is 11.2. The third-order valence-corrected chi connectivity index (χ3v) is 4.23. The van der Waals surface area contributed by atoms with Gasteiger partial charge in [0.15, 0.2) is 0 Å². The standard InChI is InChI=1S/C14H14N4O3S/c1-8-3-5-17(12(19)11(8)13(20)21)6-4-10-7-18-14(15-10)22-9(2)16-18/h3,5,7H,4,6H2,1-2H3,(H,20,21). The van der Waals surface area contributed by atoms with Gasteiger partial charge < -0.3 is 9.67 Å². The van der Waals surface area contributed by atoms with Gasteiger partial charge in [0.25, 0.3) is 5.56 Å². The molecule has 22 heavy (non-hydrogen) atoms. The number of pyridine rings is 1. The molecule has 0 fully saturated rings. The molecule has 0 aliphatic carbocycles. The average molecular weight is 318 g/mol. The Morgan fingerprint density at radius 2 is 2.18 bits per heavy atom. The van der Waals surface area contributed by atoms with Crippen LogP contribution in [0.5, 0.6) is 0 Å². The minimum atomic E-state index is -1.20. The largest absolute Gasteiger partial charge is 0.477 e.